The first kappa shape index (κ1) is 17.7. The molecule has 4 amide bonds. The van der Waals surface area contributed by atoms with E-state index in [2.05, 4.69) is 15.5 Å². The highest BCUT2D eigenvalue weighted by Gasteiger charge is 2.44. The van der Waals surface area contributed by atoms with Crippen LogP contribution in [-0.2, 0) is 9.59 Å². The van der Waals surface area contributed by atoms with Crippen molar-refractivity contribution in [2.24, 2.45) is 0 Å². The zero-order valence-electron chi connectivity index (χ0n) is 15.2. The van der Waals surface area contributed by atoms with Crippen LogP contribution in [0.5, 0.6) is 0 Å². The van der Waals surface area contributed by atoms with Gasteiger partial charge in [0.1, 0.15) is 6.04 Å². The minimum atomic E-state index is -0.929. The summed E-state index contributed by atoms with van der Waals surface area (Å²) in [6.07, 6.45) is 2.45. The van der Waals surface area contributed by atoms with Crippen molar-refractivity contribution in [2.75, 3.05) is 25.0 Å². The zero-order valence-corrected chi connectivity index (χ0v) is 15.2. The van der Waals surface area contributed by atoms with E-state index < -0.39 is 23.8 Å². The van der Waals surface area contributed by atoms with Crippen LogP contribution in [0, 0.1) is 0 Å². The average Bonchev–Trinajstić information content (AvgIpc) is 2.92. The number of hydrogen-bond acceptors (Lipinski definition) is 6. The van der Waals surface area contributed by atoms with Gasteiger partial charge in [-0.25, -0.2) is 0 Å². The van der Waals surface area contributed by atoms with Crippen LogP contribution in [-0.4, -0.2) is 60.7 Å². The van der Waals surface area contributed by atoms with Crippen LogP contribution in [0.1, 0.15) is 46.4 Å². The number of anilines is 1. The molecule has 2 saturated heterocycles. The maximum atomic E-state index is 12.9. The Labute approximate surface area is 156 Å². The molecule has 27 heavy (non-hydrogen) atoms. The minimum absolute atomic E-state index is 0.119. The number of benzene rings is 1. The first-order chi connectivity index (χ1) is 13.0. The van der Waals surface area contributed by atoms with Gasteiger partial charge in [0.05, 0.1) is 11.1 Å². The van der Waals surface area contributed by atoms with Crippen molar-refractivity contribution in [1.82, 2.24) is 15.5 Å². The van der Waals surface area contributed by atoms with E-state index in [-0.39, 0.29) is 18.7 Å². The SMILES string of the molecule is CNC1CCCN(c2ccc3c(c2)C(=O)N(C2CCC(=O)NC2=O)C3=O)C1. The van der Waals surface area contributed by atoms with Crippen molar-refractivity contribution in [3.05, 3.63) is 29.3 Å². The molecule has 1 aromatic carbocycles. The third kappa shape index (κ3) is 2.99. The second kappa shape index (κ2) is 6.77. The quantitative estimate of drug-likeness (QED) is 0.742. The van der Waals surface area contributed by atoms with Crippen molar-refractivity contribution in [2.45, 2.75) is 37.8 Å². The van der Waals surface area contributed by atoms with Crippen LogP contribution in [0.2, 0.25) is 0 Å². The molecule has 0 radical (unpaired) electrons. The van der Waals surface area contributed by atoms with E-state index in [1.165, 1.54) is 0 Å². The number of fused-ring (bicyclic) bond motifs is 1. The van der Waals surface area contributed by atoms with Crippen LogP contribution >= 0.6 is 0 Å². The van der Waals surface area contributed by atoms with Gasteiger partial charge in [0.25, 0.3) is 11.8 Å². The van der Waals surface area contributed by atoms with Gasteiger partial charge in [-0.3, -0.25) is 29.4 Å². The lowest BCUT2D eigenvalue weighted by Gasteiger charge is -2.34. The summed E-state index contributed by atoms with van der Waals surface area (Å²) in [7, 11) is 1.94. The molecule has 2 atom stereocenters. The highest BCUT2D eigenvalue weighted by Crippen LogP contribution is 2.31. The maximum absolute atomic E-state index is 12.9. The first-order valence-corrected chi connectivity index (χ1v) is 9.27. The summed E-state index contributed by atoms with van der Waals surface area (Å²) in [5.74, 6) is -1.90. The summed E-state index contributed by atoms with van der Waals surface area (Å²) >= 11 is 0. The third-order valence-electron chi connectivity index (χ3n) is 5.62. The fourth-order valence-corrected chi connectivity index (χ4v) is 4.10. The van der Waals surface area contributed by atoms with E-state index in [0.717, 1.165) is 36.5 Å². The fraction of sp³-hybridized carbons (Fsp3) is 0.474. The minimum Gasteiger partial charge on any atom is -0.370 e. The monoisotopic (exact) mass is 370 g/mol. The second-order valence-electron chi connectivity index (χ2n) is 7.25. The second-order valence-corrected chi connectivity index (χ2v) is 7.25. The van der Waals surface area contributed by atoms with E-state index in [0.29, 0.717) is 17.2 Å². The van der Waals surface area contributed by atoms with E-state index >= 15 is 0 Å². The molecule has 0 bridgehead atoms. The predicted octanol–water partition coefficient (Wildman–Crippen LogP) is 0.276. The molecule has 8 nitrogen and oxygen atoms in total. The van der Waals surface area contributed by atoms with Gasteiger partial charge >= 0.3 is 0 Å². The van der Waals surface area contributed by atoms with E-state index in [9.17, 15) is 19.2 Å². The van der Waals surface area contributed by atoms with Crippen LogP contribution in [0.25, 0.3) is 0 Å². The van der Waals surface area contributed by atoms with Crippen molar-refractivity contribution < 1.29 is 19.2 Å². The topological polar surface area (TPSA) is 98.8 Å². The highest BCUT2D eigenvalue weighted by atomic mass is 16.2. The standard InChI is InChI=1S/C19H22N4O4/c1-20-11-3-2-8-22(10-11)12-4-5-13-14(9-12)19(27)23(18(13)26)15-6-7-16(24)21-17(15)25/h4-5,9,11,15,20H,2-3,6-8,10H2,1H3,(H,21,24,25). The summed E-state index contributed by atoms with van der Waals surface area (Å²) < 4.78 is 0. The number of imide groups is 2. The predicted molar refractivity (Wildman–Crippen MR) is 97.4 cm³/mol. The normalized spacial score (nSPS) is 25.7. The van der Waals surface area contributed by atoms with Crippen molar-refractivity contribution >= 4 is 29.3 Å². The van der Waals surface area contributed by atoms with Crippen molar-refractivity contribution in [3.63, 3.8) is 0 Å². The molecule has 8 heteroatoms. The Morgan fingerprint density at radius 3 is 2.59 bits per heavy atom. The van der Waals surface area contributed by atoms with Gasteiger partial charge in [-0.05, 0) is 44.5 Å². The van der Waals surface area contributed by atoms with Crippen LogP contribution in [0.4, 0.5) is 5.69 Å². The number of nitrogens with zero attached hydrogens (tertiary/aromatic N) is 2. The van der Waals surface area contributed by atoms with Gasteiger partial charge in [0, 0.05) is 31.2 Å². The summed E-state index contributed by atoms with van der Waals surface area (Å²) in [5, 5.41) is 5.50. The molecule has 0 spiro atoms. The summed E-state index contributed by atoms with van der Waals surface area (Å²) in [4.78, 5) is 52.3. The molecule has 142 valence electrons. The van der Waals surface area contributed by atoms with Gasteiger partial charge in [-0.2, -0.15) is 0 Å². The molecular weight excluding hydrogens is 348 g/mol. The number of piperidine rings is 2. The number of carbonyl (C=O) groups excluding carboxylic acids is 4. The van der Waals surface area contributed by atoms with Crippen LogP contribution < -0.4 is 15.5 Å². The van der Waals surface area contributed by atoms with Crippen molar-refractivity contribution in [3.8, 4) is 0 Å². The van der Waals surface area contributed by atoms with Crippen LogP contribution in [0.3, 0.4) is 0 Å². The lowest BCUT2D eigenvalue weighted by molar-refractivity contribution is -0.136. The number of rotatable bonds is 3. The van der Waals surface area contributed by atoms with Gasteiger partial charge in [-0.15, -0.1) is 0 Å². The number of carbonyl (C=O) groups is 4. The third-order valence-corrected chi connectivity index (χ3v) is 5.62. The van der Waals surface area contributed by atoms with Gasteiger partial charge < -0.3 is 10.2 Å². The Balaban J connectivity index is 1.60. The van der Waals surface area contributed by atoms with E-state index in [1.54, 1.807) is 12.1 Å². The number of likely N-dealkylation sites (N-methyl/N-ethyl adjacent to an activating group) is 1. The molecule has 2 unspecified atom stereocenters. The molecule has 4 rings (SSSR count). The lowest BCUT2D eigenvalue weighted by atomic mass is 10.0. The van der Waals surface area contributed by atoms with Crippen molar-refractivity contribution in [1.29, 1.82) is 0 Å². The molecule has 2 fully saturated rings. The molecular formula is C19H22N4O4. The number of hydrogen-bond donors (Lipinski definition) is 2. The lowest BCUT2D eigenvalue weighted by Crippen LogP contribution is -2.54. The Hall–Kier alpha value is -2.74. The molecule has 0 saturated carbocycles. The molecule has 0 aromatic heterocycles. The Morgan fingerprint density at radius 1 is 1.07 bits per heavy atom. The summed E-state index contributed by atoms with van der Waals surface area (Å²) in [6, 6.07) is 4.74. The molecule has 3 aliphatic heterocycles. The highest BCUT2D eigenvalue weighted by molar-refractivity contribution is 6.23. The largest absolute Gasteiger partial charge is 0.370 e. The zero-order chi connectivity index (χ0) is 19.1. The Bertz CT molecular complexity index is 837. The molecule has 2 N–H and O–H groups in total. The smallest absolute Gasteiger partial charge is 0.262 e. The molecule has 3 heterocycles. The Kier molecular flexibility index (Phi) is 4.43. The first-order valence-electron chi connectivity index (χ1n) is 9.27. The van der Waals surface area contributed by atoms with Crippen LogP contribution in [0.15, 0.2) is 18.2 Å². The molecule has 0 aliphatic carbocycles. The van der Waals surface area contributed by atoms with Gasteiger partial charge in [-0.1, -0.05) is 0 Å². The fourth-order valence-electron chi connectivity index (χ4n) is 4.10. The number of amides is 4. The summed E-state index contributed by atoms with van der Waals surface area (Å²) in [6.45, 7) is 1.74. The van der Waals surface area contributed by atoms with Gasteiger partial charge in [0.15, 0.2) is 0 Å². The molecule has 1 aromatic rings. The maximum Gasteiger partial charge on any atom is 0.262 e. The molecule has 3 aliphatic rings. The van der Waals surface area contributed by atoms with E-state index in [4.69, 9.17) is 0 Å². The van der Waals surface area contributed by atoms with E-state index in [1.807, 2.05) is 13.1 Å². The van der Waals surface area contributed by atoms with Gasteiger partial charge in [0.2, 0.25) is 11.8 Å². The average molecular weight is 370 g/mol. The summed E-state index contributed by atoms with van der Waals surface area (Å²) in [5.41, 5.74) is 1.55. The number of nitrogens with one attached hydrogen (secondary N) is 2. The Morgan fingerprint density at radius 2 is 1.85 bits per heavy atom.